The summed E-state index contributed by atoms with van der Waals surface area (Å²) in [5.74, 6) is 0.785. The average Bonchev–Trinajstić information content (AvgIpc) is 2.98. The lowest BCUT2D eigenvalue weighted by Gasteiger charge is -2.16. The van der Waals surface area contributed by atoms with E-state index in [2.05, 4.69) is 23.7 Å². The molecule has 1 aromatic heterocycles. The average molecular weight is 277 g/mol. The van der Waals surface area contributed by atoms with E-state index in [0.717, 1.165) is 5.75 Å². The SMILES string of the molecule is C[C@H](NCC(O)COc1ccccc1)c1cccs1. The number of thiophene rings is 1. The second-order valence-electron chi connectivity index (χ2n) is 4.42. The molecule has 0 radical (unpaired) electrons. The first-order chi connectivity index (χ1) is 9.25. The van der Waals surface area contributed by atoms with Crippen molar-refractivity contribution in [1.29, 1.82) is 0 Å². The van der Waals surface area contributed by atoms with Crippen LogP contribution in [-0.2, 0) is 0 Å². The van der Waals surface area contributed by atoms with Gasteiger partial charge in [-0.1, -0.05) is 24.3 Å². The third-order valence-corrected chi connectivity index (χ3v) is 3.87. The third kappa shape index (κ3) is 4.67. The smallest absolute Gasteiger partial charge is 0.119 e. The fraction of sp³-hybridized carbons (Fsp3) is 0.333. The highest BCUT2D eigenvalue weighted by Crippen LogP contribution is 2.17. The van der Waals surface area contributed by atoms with Gasteiger partial charge in [-0.3, -0.25) is 0 Å². The summed E-state index contributed by atoms with van der Waals surface area (Å²) in [4.78, 5) is 1.27. The van der Waals surface area contributed by atoms with Gasteiger partial charge in [0.25, 0.3) is 0 Å². The predicted octanol–water partition coefficient (Wildman–Crippen LogP) is 2.84. The molecular weight excluding hydrogens is 258 g/mol. The molecule has 4 heteroatoms. The highest BCUT2D eigenvalue weighted by Gasteiger charge is 2.09. The zero-order valence-corrected chi connectivity index (χ0v) is 11.8. The number of aliphatic hydroxyl groups is 1. The maximum atomic E-state index is 9.87. The molecule has 1 aromatic carbocycles. The van der Waals surface area contributed by atoms with E-state index in [1.165, 1.54) is 4.88 Å². The molecule has 0 spiro atoms. The van der Waals surface area contributed by atoms with Crippen LogP contribution in [-0.4, -0.2) is 24.4 Å². The Bertz CT molecular complexity index is 458. The van der Waals surface area contributed by atoms with Crippen LogP contribution >= 0.6 is 11.3 Å². The quantitative estimate of drug-likeness (QED) is 0.817. The Kier molecular flexibility index (Phi) is 5.39. The first-order valence-corrected chi connectivity index (χ1v) is 7.26. The summed E-state index contributed by atoms with van der Waals surface area (Å²) in [6, 6.07) is 13.9. The van der Waals surface area contributed by atoms with Gasteiger partial charge in [-0.25, -0.2) is 0 Å². The summed E-state index contributed by atoms with van der Waals surface area (Å²) in [5.41, 5.74) is 0. The molecule has 0 aliphatic heterocycles. The van der Waals surface area contributed by atoms with Crippen LogP contribution in [0.3, 0.4) is 0 Å². The lowest BCUT2D eigenvalue weighted by Crippen LogP contribution is -2.32. The summed E-state index contributed by atoms with van der Waals surface area (Å²) < 4.78 is 5.50. The minimum atomic E-state index is -0.511. The summed E-state index contributed by atoms with van der Waals surface area (Å²) in [5, 5.41) is 15.2. The molecule has 1 heterocycles. The molecule has 1 unspecified atom stereocenters. The Morgan fingerprint density at radius 2 is 2.00 bits per heavy atom. The molecule has 0 saturated heterocycles. The minimum Gasteiger partial charge on any atom is -0.491 e. The summed E-state index contributed by atoms with van der Waals surface area (Å²) in [7, 11) is 0. The Morgan fingerprint density at radius 3 is 2.68 bits per heavy atom. The van der Waals surface area contributed by atoms with Crippen molar-refractivity contribution in [2.24, 2.45) is 0 Å². The predicted molar refractivity (Wildman–Crippen MR) is 78.7 cm³/mol. The normalized spacial score (nSPS) is 14.0. The molecule has 0 saturated carbocycles. The van der Waals surface area contributed by atoms with Crippen molar-refractivity contribution in [3.63, 3.8) is 0 Å². The monoisotopic (exact) mass is 277 g/mol. The van der Waals surface area contributed by atoms with E-state index < -0.39 is 6.10 Å². The van der Waals surface area contributed by atoms with Crippen LogP contribution in [0.5, 0.6) is 5.75 Å². The molecule has 0 fully saturated rings. The lowest BCUT2D eigenvalue weighted by atomic mass is 10.2. The maximum absolute atomic E-state index is 9.87. The van der Waals surface area contributed by atoms with Crippen LogP contribution in [0.4, 0.5) is 0 Å². The summed E-state index contributed by atoms with van der Waals surface area (Å²) in [6.45, 7) is 2.91. The van der Waals surface area contributed by atoms with Crippen LogP contribution in [0.25, 0.3) is 0 Å². The Morgan fingerprint density at radius 1 is 1.21 bits per heavy atom. The first kappa shape index (κ1) is 14.1. The van der Waals surface area contributed by atoms with Crippen molar-refractivity contribution >= 4 is 11.3 Å². The standard InChI is InChI=1S/C15H19NO2S/c1-12(15-8-5-9-19-15)16-10-13(17)11-18-14-6-3-2-4-7-14/h2-9,12-13,16-17H,10-11H2,1H3/t12-,13?/m0/s1. The van der Waals surface area contributed by atoms with Crippen molar-refractivity contribution < 1.29 is 9.84 Å². The fourth-order valence-corrected chi connectivity index (χ4v) is 2.48. The largest absolute Gasteiger partial charge is 0.491 e. The van der Waals surface area contributed by atoms with E-state index in [9.17, 15) is 5.11 Å². The second-order valence-corrected chi connectivity index (χ2v) is 5.40. The van der Waals surface area contributed by atoms with Gasteiger partial charge in [0.2, 0.25) is 0 Å². The molecule has 0 aliphatic rings. The van der Waals surface area contributed by atoms with Crippen molar-refractivity contribution in [2.45, 2.75) is 19.1 Å². The van der Waals surface area contributed by atoms with Gasteiger partial charge >= 0.3 is 0 Å². The molecule has 2 N–H and O–H groups in total. The molecular formula is C15H19NO2S. The van der Waals surface area contributed by atoms with E-state index in [0.29, 0.717) is 13.2 Å². The van der Waals surface area contributed by atoms with Gasteiger partial charge in [-0.2, -0.15) is 0 Å². The topological polar surface area (TPSA) is 41.5 Å². The molecule has 19 heavy (non-hydrogen) atoms. The fourth-order valence-electron chi connectivity index (χ4n) is 1.72. The summed E-state index contributed by atoms with van der Waals surface area (Å²) >= 11 is 1.72. The maximum Gasteiger partial charge on any atom is 0.119 e. The van der Waals surface area contributed by atoms with Crippen LogP contribution in [0.1, 0.15) is 17.8 Å². The van der Waals surface area contributed by atoms with Gasteiger partial charge in [-0.05, 0) is 30.5 Å². The van der Waals surface area contributed by atoms with Crippen LogP contribution in [0.15, 0.2) is 47.8 Å². The number of aliphatic hydroxyl groups excluding tert-OH is 1. The van der Waals surface area contributed by atoms with Crippen LogP contribution < -0.4 is 10.1 Å². The zero-order chi connectivity index (χ0) is 13.5. The van der Waals surface area contributed by atoms with Crippen molar-refractivity contribution in [3.8, 4) is 5.75 Å². The molecule has 102 valence electrons. The number of nitrogens with one attached hydrogen (secondary N) is 1. The van der Waals surface area contributed by atoms with Gasteiger partial charge in [0.15, 0.2) is 0 Å². The van der Waals surface area contributed by atoms with Crippen molar-refractivity contribution in [2.75, 3.05) is 13.2 Å². The van der Waals surface area contributed by atoms with Gasteiger partial charge < -0.3 is 15.2 Å². The van der Waals surface area contributed by atoms with E-state index in [4.69, 9.17) is 4.74 Å². The highest BCUT2D eigenvalue weighted by atomic mass is 32.1. The van der Waals surface area contributed by atoms with Gasteiger partial charge in [0.05, 0.1) is 0 Å². The van der Waals surface area contributed by atoms with Crippen molar-refractivity contribution in [1.82, 2.24) is 5.32 Å². The number of benzene rings is 1. The van der Waals surface area contributed by atoms with E-state index in [1.807, 2.05) is 36.4 Å². The molecule has 0 amide bonds. The molecule has 2 rings (SSSR count). The van der Waals surface area contributed by atoms with Gasteiger partial charge in [-0.15, -0.1) is 11.3 Å². The molecule has 2 aromatic rings. The lowest BCUT2D eigenvalue weighted by molar-refractivity contribution is 0.104. The zero-order valence-electron chi connectivity index (χ0n) is 11.0. The molecule has 0 aliphatic carbocycles. The van der Waals surface area contributed by atoms with Gasteiger partial charge in [0, 0.05) is 17.5 Å². The Labute approximate surface area is 117 Å². The first-order valence-electron chi connectivity index (χ1n) is 6.38. The Hall–Kier alpha value is -1.36. The summed E-state index contributed by atoms with van der Waals surface area (Å²) in [6.07, 6.45) is -0.511. The highest BCUT2D eigenvalue weighted by molar-refractivity contribution is 7.10. The van der Waals surface area contributed by atoms with Crippen LogP contribution in [0.2, 0.25) is 0 Å². The van der Waals surface area contributed by atoms with Gasteiger partial charge in [0.1, 0.15) is 18.5 Å². The number of hydrogen-bond acceptors (Lipinski definition) is 4. The third-order valence-electron chi connectivity index (χ3n) is 2.82. The second kappa shape index (κ2) is 7.28. The molecule has 0 bridgehead atoms. The van der Waals surface area contributed by atoms with E-state index >= 15 is 0 Å². The Balaban J connectivity index is 1.69. The number of ether oxygens (including phenoxy) is 1. The minimum absolute atomic E-state index is 0.256. The molecule has 3 nitrogen and oxygen atoms in total. The number of para-hydroxylation sites is 1. The van der Waals surface area contributed by atoms with E-state index in [1.54, 1.807) is 11.3 Å². The van der Waals surface area contributed by atoms with Crippen LogP contribution in [0, 0.1) is 0 Å². The number of hydrogen-bond donors (Lipinski definition) is 2. The van der Waals surface area contributed by atoms with E-state index in [-0.39, 0.29) is 6.04 Å². The van der Waals surface area contributed by atoms with Crippen molar-refractivity contribution in [3.05, 3.63) is 52.7 Å². The molecule has 2 atom stereocenters. The number of rotatable bonds is 7.